The first kappa shape index (κ1) is 16.8. The second-order valence-electron chi connectivity index (χ2n) is 1.87. The van der Waals surface area contributed by atoms with Crippen LogP contribution in [-0.2, 0) is 4.79 Å². The largest absolute Gasteiger partial charge is 2.00 e. The first-order valence-corrected chi connectivity index (χ1v) is 2.62. The van der Waals surface area contributed by atoms with Gasteiger partial charge in [-0.1, -0.05) is 0 Å². The number of halogens is 6. The van der Waals surface area contributed by atoms with Gasteiger partial charge in [0.05, 0.1) is 0 Å². The maximum absolute atomic E-state index is 11.3. The summed E-state index contributed by atoms with van der Waals surface area (Å²) in [7, 11) is 0. The van der Waals surface area contributed by atoms with Gasteiger partial charge in [0.1, 0.15) is 0 Å². The molecule has 0 saturated carbocycles. The molecule has 0 radical (unpaired) electrons. The van der Waals surface area contributed by atoms with E-state index < -0.39 is 30.0 Å². The van der Waals surface area contributed by atoms with Gasteiger partial charge < -0.3 is 5.11 Å². The van der Waals surface area contributed by atoms with E-state index in [9.17, 15) is 36.2 Å². The van der Waals surface area contributed by atoms with Crippen molar-refractivity contribution in [3.8, 4) is 0 Å². The summed E-state index contributed by atoms with van der Waals surface area (Å²) in [6, 6.07) is 0. The van der Waals surface area contributed by atoms with Gasteiger partial charge in [0.25, 0.3) is 5.78 Å². The van der Waals surface area contributed by atoms with E-state index in [1.165, 1.54) is 0 Å². The van der Waals surface area contributed by atoms with E-state index in [0.29, 0.717) is 0 Å². The molecule has 0 aliphatic carbocycles. The van der Waals surface area contributed by atoms with Crippen molar-refractivity contribution in [3.63, 3.8) is 0 Å². The molecule has 0 spiro atoms. The topological polar surface area (TPSA) is 40.1 Å². The van der Waals surface area contributed by atoms with E-state index in [4.69, 9.17) is 0 Å². The normalized spacial score (nSPS) is 13.4. The molecule has 0 aromatic heterocycles. The van der Waals surface area contributed by atoms with Crippen LogP contribution in [0.5, 0.6) is 0 Å². The maximum Gasteiger partial charge on any atom is 2.00 e. The molecule has 0 aromatic rings. The number of carbonyl (C=O) groups excluding carboxylic acids is 1. The summed E-state index contributed by atoms with van der Waals surface area (Å²) in [5.41, 5.74) is 0. The Balaban J connectivity index is 0. The molecule has 0 saturated heterocycles. The molecular formula is C5HBaF6O2+. The molecule has 0 heterocycles. The second-order valence-corrected chi connectivity index (χ2v) is 1.87. The van der Waals surface area contributed by atoms with E-state index in [1.54, 1.807) is 0 Å². The van der Waals surface area contributed by atoms with Crippen LogP contribution in [-0.4, -0.2) is 67.0 Å². The Morgan fingerprint density at radius 1 is 1.00 bits per heavy atom. The van der Waals surface area contributed by atoms with Crippen LogP contribution < -0.4 is 5.11 Å². The second kappa shape index (κ2) is 5.45. The monoisotopic (exact) mass is 345 g/mol. The Hall–Kier alpha value is 0.361. The third kappa shape index (κ3) is 5.96. The fraction of sp³-hybridized carbons (Fsp3) is 0.400. The van der Waals surface area contributed by atoms with Gasteiger partial charge in [0.15, 0.2) is 0 Å². The van der Waals surface area contributed by atoms with Crippen LogP contribution >= 0.6 is 0 Å². The molecule has 0 unspecified atom stereocenters. The first-order valence-electron chi connectivity index (χ1n) is 2.62. The Bertz CT molecular complexity index is 240. The standard InChI is InChI=1S/C5H2F6O2.Ba/c6-4(7,8)2(12)1-3(13)5(9,10)11;/h1,12H;/q;+2/p-1/b2-1-;. The number of carbonyl (C=O) groups is 1. The van der Waals surface area contributed by atoms with E-state index in [2.05, 4.69) is 0 Å². The van der Waals surface area contributed by atoms with Crippen molar-refractivity contribution in [3.05, 3.63) is 11.8 Å². The number of allylic oxidation sites excluding steroid dienone is 2. The molecule has 0 aliphatic heterocycles. The van der Waals surface area contributed by atoms with Crippen LogP contribution in [0.4, 0.5) is 26.3 Å². The molecule has 0 fully saturated rings. The molecule has 0 bridgehead atoms. The average Bonchev–Trinajstić information content (AvgIpc) is 1.82. The fourth-order valence-electron chi connectivity index (χ4n) is 0.283. The third-order valence-electron chi connectivity index (χ3n) is 0.821. The van der Waals surface area contributed by atoms with Crippen molar-refractivity contribution >= 4 is 54.7 Å². The van der Waals surface area contributed by atoms with Gasteiger partial charge in [-0.3, -0.25) is 4.79 Å². The molecule has 0 amide bonds. The van der Waals surface area contributed by atoms with Gasteiger partial charge in [-0.25, -0.2) is 0 Å². The molecule has 14 heavy (non-hydrogen) atoms. The van der Waals surface area contributed by atoms with Gasteiger partial charge >= 0.3 is 61.2 Å². The van der Waals surface area contributed by atoms with Crippen LogP contribution in [0.25, 0.3) is 0 Å². The minimum atomic E-state index is -5.46. The zero-order valence-corrected chi connectivity index (χ0v) is 10.8. The minimum Gasteiger partial charge on any atom is -0.869 e. The smallest absolute Gasteiger partial charge is 0.869 e. The zero-order chi connectivity index (χ0) is 10.9. The summed E-state index contributed by atoms with van der Waals surface area (Å²) in [4.78, 5) is 9.82. The van der Waals surface area contributed by atoms with Crippen LogP contribution in [0.3, 0.4) is 0 Å². The van der Waals surface area contributed by atoms with Gasteiger partial charge in [-0.15, -0.1) is 0 Å². The Labute approximate surface area is 114 Å². The molecule has 0 aliphatic rings. The molecule has 0 atom stereocenters. The number of alkyl halides is 6. The minimum absolute atomic E-state index is 0. The number of hydrogen-bond acceptors (Lipinski definition) is 2. The Morgan fingerprint density at radius 3 is 1.57 bits per heavy atom. The molecule has 76 valence electrons. The van der Waals surface area contributed by atoms with E-state index in [0.717, 1.165) is 0 Å². The fourth-order valence-corrected chi connectivity index (χ4v) is 0.283. The molecule has 0 rings (SSSR count). The summed E-state index contributed by atoms with van der Waals surface area (Å²) < 4.78 is 67.8. The van der Waals surface area contributed by atoms with Crippen molar-refractivity contribution in [2.24, 2.45) is 0 Å². The van der Waals surface area contributed by atoms with Crippen LogP contribution in [0, 0.1) is 0 Å². The Kier molecular flexibility index (Phi) is 6.53. The Morgan fingerprint density at radius 2 is 1.36 bits per heavy atom. The van der Waals surface area contributed by atoms with Crippen molar-refractivity contribution in [2.75, 3.05) is 0 Å². The quantitative estimate of drug-likeness (QED) is 0.302. The van der Waals surface area contributed by atoms with E-state index >= 15 is 0 Å². The summed E-state index contributed by atoms with van der Waals surface area (Å²) in [6.45, 7) is 0. The number of ketones is 1. The predicted octanol–water partition coefficient (Wildman–Crippen LogP) is 0.543. The maximum atomic E-state index is 11.3. The van der Waals surface area contributed by atoms with Crippen molar-refractivity contribution in [1.29, 1.82) is 0 Å². The van der Waals surface area contributed by atoms with Crippen LogP contribution in [0.15, 0.2) is 11.8 Å². The SMILES string of the molecule is O=C(/C=C(\[O-])C(F)(F)F)C(F)(F)F.[Ba+2]. The zero-order valence-electron chi connectivity index (χ0n) is 6.37. The third-order valence-corrected chi connectivity index (χ3v) is 0.821. The number of hydrogen-bond donors (Lipinski definition) is 0. The molecule has 2 nitrogen and oxygen atoms in total. The molecular weight excluding hydrogens is 343 g/mol. The summed E-state index contributed by atoms with van der Waals surface area (Å²) in [5.74, 6) is -5.65. The average molecular weight is 344 g/mol. The molecule has 0 N–H and O–H groups in total. The molecule has 9 heteroatoms. The summed E-state index contributed by atoms with van der Waals surface area (Å²) in [5, 5.41) is 9.82. The van der Waals surface area contributed by atoms with Gasteiger partial charge in [-0.2, -0.15) is 26.3 Å². The molecule has 0 aromatic carbocycles. The summed E-state index contributed by atoms with van der Waals surface area (Å²) in [6.07, 6.45) is -11.9. The van der Waals surface area contributed by atoms with Crippen molar-refractivity contribution in [2.45, 2.75) is 12.4 Å². The number of rotatable bonds is 1. The van der Waals surface area contributed by atoms with Crippen LogP contribution in [0.2, 0.25) is 0 Å². The van der Waals surface area contributed by atoms with Crippen molar-refractivity contribution < 1.29 is 36.2 Å². The predicted molar refractivity (Wildman–Crippen MR) is 31.0 cm³/mol. The van der Waals surface area contributed by atoms with E-state index in [-0.39, 0.29) is 48.9 Å². The van der Waals surface area contributed by atoms with Gasteiger partial charge in [-0.05, 0) is 11.8 Å². The van der Waals surface area contributed by atoms with Gasteiger partial charge in [0.2, 0.25) is 0 Å². The summed E-state index contributed by atoms with van der Waals surface area (Å²) >= 11 is 0. The van der Waals surface area contributed by atoms with Crippen molar-refractivity contribution in [1.82, 2.24) is 0 Å². The van der Waals surface area contributed by atoms with Gasteiger partial charge in [0, 0.05) is 0 Å². The van der Waals surface area contributed by atoms with E-state index in [1.807, 2.05) is 0 Å². The van der Waals surface area contributed by atoms with Crippen LogP contribution in [0.1, 0.15) is 0 Å². The first-order chi connectivity index (χ1) is 5.55.